The molecule has 0 unspecified atom stereocenters. The molecule has 1 aromatic heterocycles. The maximum Gasteiger partial charge on any atom is 0.304 e. The Hall–Kier alpha value is -2.75. The molecule has 0 aliphatic rings. The zero-order chi connectivity index (χ0) is 15.5. The maximum atomic E-state index is 11.3. The summed E-state index contributed by atoms with van der Waals surface area (Å²) >= 11 is 0. The number of fused-ring (bicyclic) bond motifs is 1. The van der Waals surface area contributed by atoms with Crippen molar-refractivity contribution in [2.45, 2.75) is 12.3 Å². The van der Waals surface area contributed by atoms with E-state index in [9.17, 15) is 9.90 Å². The van der Waals surface area contributed by atoms with Crippen LogP contribution in [0, 0.1) is 0 Å². The van der Waals surface area contributed by atoms with Gasteiger partial charge in [0.2, 0.25) is 0 Å². The summed E-state index contributed by atoms with van der Waals surface area (Å²) in [4.78, 5) is 14.5. The summed E-state index contributed by atoms with van der Waals surface area (Å²) in [6.07, 6.45) is 1.96. The molecule has 0 fully saturated rings. The molecule has 112 valence electrons. The fourth-order valence-electron chi connectivity index (χ4n) is 2.80. The third-order valence-electron chi connectivity index (χ3n) is 3.89. The van der Waals surface area contributed by atoms with Crippen LogP contribution < -0.4 is 4.74 Å². The second kappa shape index (κ2) is 5.93. The molecule has 0 saturated heterocycles. The van der Waals surface area contributed by atoms with Gasteiger partial charge in [0.1, 0.15) is 5.75 Å². The van der Waals surface area contributed by atoms with Gasteiger partial charge in [0.25, 0.3) is 0 Å². The molecule has 2 aromatic carbocycles. The molecule has 0 aliphatic carbocycles. The molecular formula is C18H17NO3. The number of hydrogen-bond donors (Lipinski definition) is 2. The predicted molar refractivity (Wildman–Crippen MR) is 85.4 cm³/mol. The van der Waals surface area contributed by atoms with Gasteiger partial charge in [-0.2, -0.15) is 0 Å². The van der Waals surface area contributed by atoms with Crippen molar-refractivity contribution < 1.29 is 14.6 Å². The first-order valence-electron chi connectivity index (χ1n) is 7.11. The Morgan fingerprint density at radius 3 is 2.59 bits per heavy atom. The summed E-state index contributed by atoms with van der Waals surface area (Å²) in [5.74, 6) is -0.248. The number of nitrogens with one attached hydrogen (secondary N) is 1. The summed E-state index contributed by atoms with van der Waals surface area (Å²) in [7, 11) is 1.61. The molecule has 0 amide bonds. The van der Waals surface area contributed by atoms with E-state index in [0.29, 0.717) is 0 Å². The molecule has 0 radical (unpaired) electrons. The summed E-state index contributed by atoms with van der Waals surface area (Å²) in [6, 6.07) is 15.5. The largest absolute Gasteiger partial charge is 0.497 e. The number of carboxylic acids is 1. The number of carbonyl (C=O) groups is 1. The Balaban J connectivity index is 2.07. The topological polar surface area (TPSA) is 62.3 Å². The number of aliphatic carboxylic acids is 1. The highest BCUT2D eigenvalue weighted by molar-refractivity contribution is 5.85. The molecular weight excluding hydrogens is 278 g/mol. The molecule has 3 rings (SSSR count). The zero-order valence-corrected chi connectivity index (χ0v) is 12.2. The summed E-state index contributed by atoms with van der Waals surface area (Å²) in [6.45, 7) is 0. The monoisotopic (exact) mass is 295 g/mol. The fraction of sp³-hybridized carbons (Fsp3) is 0.167. The first-order valence-corrected chi connectivity index (χ1v) is 7.11. The van der Waals surface area contributed by atoms with Crippen molar-refractivity contribution in [2.24, 2.45) is 0 Å². The summed E-state index contributed by atoms with van der Waals surface area (Å²) in [5.41, 5.74) is 2.98. The van der Waals surface area contributed by atoms with Crippen molar-refractivity contribution in [3.8, 4) is 5.75 Å². The van der Waals surface area contributed by atoms with Gasteiger partial charge >= 0.3 is 5.97 Å². The van der Waals surface area contributed by atoms with Gasteiger partial charge in [-0.25, -0.2) is 0 Å². The van der Waals surface area contributed by atoms with Gasteiger partial charge in [-0.05, 0) is 29.3 Å². The van der Waals surface area contributed by atoms with E-state index in [2.05, 4.69) is 4.98 Å². The Kier molecular flexibility index (Phi) is 3.83. The van der Waals surface area contributed by atoms with Crippen molar-refractivity contribution in [1.82, 2.24) is 4.98 Å². The number of benzene rings is 2. The Morgan fingerprint density at radius 2 is 1.91 bits per heavy atom. The van der Waals surface area contributed by atoms with E-state index < -0.39 is 5.97 Å². The van der Waals surface area contributed by atoms with Crippen LogP contribution in [-0.2, 0) is 4.79 Å². The van der Waals surface area contributed by atoms with Gasteiger partial charge in [0, 0.05) is 23.0 Å². The molecule has 22 heavy (non-hydrogen) atoms. The number of para-hydroxylation sites is 1. The van der Waals surface area contributed by atoms with Gasteiger partial charge in [0.05, 0.1) is 13.5 Å². The van der Waals surface area contributed by atoms with Gasteiger partial charge in [-0.3, -0.25) is 4.79 Å². The van der Waals surface area contributed by atoms with Crippen LogP contribution in [0.2, 0.25) is 0 Å². The molecule has 0 bridgehead atoms. The van der Waals surface area contributed by atoms with Gasteiger partial charge < -0.3 is 14.8 Å². The predicted octanol–water partition coefficient (Wildman–Crippen LogP) is 3.78. The van der Waals surface area contributed by atoms with Crippen LogP contribution in [0.25, 0.3) is 10.9 Å². The molecule has 1 atom stereocenters. The highest BCUT2D eigenvalue weighted by atomic mass is 16.5. The average molecular weight is 295 g/mol. The first-order chi connectivity index (χ1) is 10.7. The van der Waals surface area contributed by atoms with Crippen LogP contribution in [0.4, 0.5) is 0 Å². The van der Waals surface area contributed by atoms with Crippen LogP contribution in [0.15, 0.2) is 54.7 Å². The SMILES string of the molecule is COc1ccc([C@H](CC(=O)O)c2c[nH]c3ccccc23)cc1. The Labute approximate surface area is 128 Å². The van der Waals surface area contributed by atoms with Gasteiger partial charge in [-0.1, -0.05) is 30.3 Å². The number of methoxy groups -OCH3 is 1. The molecule has 4 heteroatoms. The van der Waals surface area contributed by atoms with Crippen LogP contribution in [0.1, 0.15) is 23.5 Å². The second-order valence-corrected chi connectivity index (χ2v) is 5.21. The maximum absolute atomic E-state index is 11.3. The standard InChI is InChI=1S/C18H17NO3/c1-22-13-8-6-12(7-9-13)15(10-18(20)21)16-11-19-17-5-3-2-4-14(16)17/h2-9,11,15,19H,10H2,1H3,(H,20,21)/t15-/m0/s1. The van der Waals surface area contributed by atoms with Crippen molar-refractivity contribution in [3.63, 3.8) is 0 Å². The second-order valence-electron chi connectivity index (χ2n) is 5.21. The van der Waals surface area contributed by atoms with E-state index in [1.54, 1.807) is 7.11 Å². The van der Waals surface area contributed by atoms with Crippen molar-refractivity contribution in [2.75, 3.05) is 7.11 Å². The minimum atomic E-state index is -0.814. The lowest BCUT2D eigenvalue weighted by atomic mass is 9.88. The third kappa shape index (κ3) is 2.68. The van der Waals surface area contributed by atoms with Crippen LogP contribution in [-0.4, -0.2) is 23.2 Å². The summed E-state index contributed by atoms with van der Waals surface area (Å²) in [5, 5.41) is 10.3. The third-order valence-corrected chi connectivity index (χ3v) is 3.89. The quantitative estimate of drug-likeness (QED) is 0.753. The average Bonchev–Trinajstić information content (AvgIpc) is 2.96. The molecule has 1 heterocycles. The number of ether oxygens (including phenoxy) is 1. The number of aromatic amines is 1. The molecule has 0 spiro atoms. The smallest absolute Gasteiger partial charge is 0.304 e. The van der Waals surface area contributed by atoms with E-state index in [4.69, 9.17) is 4.74 Å². The number of rotatable bonds is 5. The molecule has 4 nitrogen and oxygen atoms in total. The number of H-pyrrole nitrogens is 1. The fourth-order valence-corrected chi connectivity index (χ4v) is 2.80. The Morgan fingerprint density at radius 1 is 1.18 bits per heavy atom. The van der Waals surface area contributed by atoms with Crippen LogP contribution >= 0.6 is 0 Å². The van der Waals surface area contributed by atoms with Crippen molar-refractivity contribution >= 4 is 16.9 Å². The van der Waals surface area contributed by atoms with Crippen molar-refractivity contribution in [3.05, 3.63) is 65.9 Å². The van der Waals surface area contributed by atoms with E-state index in [-0.39, 0.29) is 12.3 Å². The van der Waals surface area contributed by atoms with E-state index in [1.165, 1.54) is 0 Å². The van der Waals surface area contributed by atoms with Gasteiger partial charge in [0.15, 0.2) is 0 Å². The van der Waals surface area contributed by atoms with E-state index in [1.807, 2.05) is 54.7 Å². The molecule has 2 N–H and O–H groups in total. The minimum Gasteiger partial charge on any atom is -0.497 e. The lowest BCUT2D eigenvalue weighted by Gasteiger charge is -2.15. The molecule has 3 aromatic rings. The lowest BCUT2D eigenvalue weighted by molar-refractivity contribution is -0.137. The number of aromatic nitrogens is 1. The Bertz CT molecular complexity index is 789. The van der Waals surface area contributed by atoms with E-state index in [0.717, 1.165) is 27.8 Å². The minimum absolute atomic E-state index is 0.0498. The molecule has 0 saturated carbocycles. The first kappa shape index (κ1) is 14.2. The summed E-state index contributed by atoms with van der Waals surface area (Å²) < 4.78 is 5.17. The van der Waals surface area contributed by atoms with E-state index >= 15 is 0 Å². The van der Waals surface area contributed by atoms with Crippen LogP contribution in [0.5, 0.6) is 5.75 Å². The highest BCUT2D eigenvalue weighted by Gasteiger charge is 2.21. The lowest BCUT2D eigenvalue weighted by Crippen LogP contribution is -2.07. The molecule has 0 aliphatic heterocycles. The van der Waals surface area contributed by atoms with Gasteiger partial charge in [-0.15, -0.1) is 0 Å². The normalized spacial score (nSPS) is 12.2. The zero-order valence-electron chi connectivity index (χ0n) is 12.2. The highest BCUT2D eigenvalue weighted by Crippen LogP contribution is 2.34. The number of hydrogen-bond acceptors (Lipinski definition) is 2. The number of carboxylic acid groups (broad SMARTS) is 1. The van der Waals surface area contributed by atoms with Crippen molar-refractivity contribution in [1.29, 1.82) is 0 Å². The van der Waals surface area contributed by atoms with Crippen LogP contribution in [0.3, 0.4) is 0 Å².